The number of aryl methyl sites for hydroxylation is 1. The molecule has 0 saturated carbocycles. The molecule has 0 bridgehead atoms. The number of nitrogens with zero attached hydrogens (tertiary/aromatic N) is 1. The van der Waals surface area contributed by atoms with Gasteiger partial charge in [0.2, 0.25) is 5.71 Å². The van der Waals surface area contributed by atoms with Crippen LogP contribution in [0, 0.1) is 6.92 Å². The zero-order valence-corrected chi connectivity index (χ0v) is 11.1. The maximum Gasteiger partial charge on any atom is 0.227 e. The first-order chi connectivity index (χ1) is 9.81. The zero-order valence-electron chi connectivity index (χ0n) is 11.1. The van der Waals surface area contributed by atoms with Gasteiger partial charge in [-0.3, -0.25) is 0 Å². The van der Waals surface area contributed by atoms with E-state index in [-0.39, 0.29) is 0 Å². The molecule has 0 aliphatic heterocycles. The number of pyridine rings is 1. The van der Waals surface area contributed by atoms with Crippen molar-refractivity contribution in [3.8, 4) is 11.1 Å². The van der Waals surface area contributed by atoms with Crippen molar-refractivity contribution < 1.29 is 4.42 Å². The molecule has 0 fully saturated rings. The first kappa shape index (κ1) is 11.2. The van der Waals surface area contributed by atoms with Crippen molar-refractivity contribution >= 4 is 22.1 Å². The molecule has 0 N–H and O–H groups in total. The lowest BCUT2D eigenvalue weighted by Gasteiger charge is -2.02. The van der Waals surface area contributed by atoms with Gasteiger partial charge >= 0.3 is 0 Å². The molecule has 0 spiro atoms. The molecule has 0 amide bonds. The van der Waals surface area contributed by atoms with Crippen molar-refractivity contribution in [3.63, 3.8) is 0 Å². The highest BCUT2D eigenvalue weighted by Gasteiger charge is 2.08. The molecule has 96 valence electrons. The van der Waals surface area contributed by atoms with E-state index in [9.17, 15) is 0 Å². The molecule has 2 aromatic heterocycles. The normalized spacial score (nSPS) is 11.2. The fourth-order valence-electron chi connectivity index (χ4n) is 2.54. The van der Waals surface area contributed by atoms with Gasteiger partial charge in [0.1, 0.15) is 5.58 Å². The Kier molecular flexibility index (Phi) is 2.36. The van der Waals surface area contributed by atoms with Gasteiger partial charge in [0.15, 0.2) is 0 Å². The number of rotatable bonds is 1. The minimum Gasteiger partial charge on any atom is -0.438 e. The third-order valence-corrected chi connectivity index (χ3v) is 3.63. The predicted molar refractivity (Wildman–Crippen MR) is 81.7 cm³/mol. The van der Waals surface area contributed by atoms with Crippen LogP contribution in [0.25, 0.3) is 33.2 Å². The Labute approximate surface area is 116 Å². The van der Waals surface area contributed by atoms with E-state index >= 15 is 0 Å². The Balaban J connectivity index is 1.97. The summed E-state index contributed by atoms with van der Waals surface area (Å²) in [6.45, 7) is 2.10. The summed E-state index contributed by atoms with van der Waals surface area (Å²) in [4.78, 5) is 4.27. The van der Waals surface area contributed by atoms with Crippen LogP contribution >= 0.6 is 0 Å². The first-order valence-corrected chi connectivity index (χ1v) is 6.65. The Morgan fingerprint density at radius 1 is 0.850 bits per heavy atom. The highest BCUT2D eigenvalue weighted by Crippen LogP contribution is 2.31. The summed E-state index contributed by atoms with van der Waals surface area (Å²) in [5, 5.41) is 2.18. The molecule has 0 saturated heterocycles. The summed E-state index contributed by atoms with van der Waals surface area (Å²) in [5.74, 6) is 0. The van der Waals surface area contributed by atoms with Crippen molar-refractivity contribution in [2.45, 2.75) is 6.92 Å². The molecule has 0 aliphatic carbocycles. The van der Waals surface area contributed by atoms with Crippen LogP contribution in [-0.2, 0) is 0 Å². The van der Waals surface area contributed by atoms with Gasteiger partial charge in [-0.2, -0.15) is 0 Å². The second kappa shape index (κ2) is 4.20. The molecule has 4 aromatic rings. The van der Waals surface area contributed by atoms with Crippen LogP contribution in [0.2, 0.25) is 0 Å². The average Bonchev–Trinajstić information content (AvgIpc) is 2.86. The molecule has 2 aromatic carbocycles. The third kappa shape index (κ3) is 1.69. The van der Waals surface area contributed by atoms with E-state index in [1.807, 2.05) is 18.2 Å². The quantitative estimate of drug-likeness (QED) is 0.483. The number of hydrogen-bond acceptors (Lipinski definition) is 2. The highest BCUT2D eigenvalue weighted by atomic mass is 16.3. The summed E-state index contributed by atoms with van der Waals surface area (Å²) in [5.41, 5.74) is 5.27. The maximum atomic E-state index is 5.75. The van der Waals surface area contributed by atoms with Crippen molar-refractivity contribution in [1.29, 1.82) is 0 Å². The molecule has 0 aliphatic rings. The molecule has 20 heavy (non-hydrogen) atoms. The molecule has 0 atom stereocenters. The van der Waals surface area contributed by atoms with Crippen LogP contribution < -0.4 is 0 Å². The Hall–Kier alpha value is -2.61. The molecule has 2 heteroatoms. The lowest BCUT2D eigenvalue weighted by atomic mass is 10.0. The van der Waals surface area contributed by atoms with E-state index in [2.05, 4.69) is 48.3 Å². The smallest absolute Gasteiger partial charge is 0.227 e. The van der Waals surface area contributed by atoms with Gasteiger partial charge in [0.25, 0.3) is 0 Å². The standard InChI is InChI=1S/C18H13NO/c1-12-4-6-13(7-5-12)14-8-9-17-16(11-14)15-3-2-10-19-18(15)20-17/h2-11H,1H3. The Bertz CT molecular complexity index is 904. The van der Waals surface area contributed by atoms with Crippen molar-refractivity contribution in [2.75, 3.05) is 0 Å². The van der Waals surface area contributed by atoms with E-state index < -0.39 is 0 Å². The number of furan rings is 1. The molecule has 2 heterocycles. The Morgan fingerprint density at radius 3 is 2.50 bits per heavy atom. The summed E-state index contributed by atoms with van der Waals surface area (Å²) in [6, 6.07) is 18.8. The van der Waals surface area contributed by atoms with Gasteiger partial charge in [-0.15, -0.1) is 0 Å². The van der Waals surface area contributed by atoms with Gasteiger partial charge in [-0.1, -0.05) is 35.9 Å². The van der Waals surface area contributed by atoms with Crippen molar-refractivity contribution in [2.24, 2.45) is 0 Å². The van der Waals surface area contributed by atoms with Gasteiger partial charge in [0.05, 0.1) is 0 Å². The van der Waals surface area contributed by atoms with Crippen LogP contribution in [0.5, 0.6) is 0 Å². The number of aromatic nitrogens is 1. The van der Waals surface area contributed by atoms with E-state index in [4.69, 9.17) is 4.42 Å². The fraction of sp³-hybridized carbons (Fsp3) is 0.0556. The van der Waals surface area contributed by atoms with Crippen molar-refractivity contribution in [3.05, 3.63) is 66.4 Å². The molecule has 0 unspecified atom stereocenters. The molecule has 2 nitrogen and oxygen atoms in total. The Morgan fingerprint density at radius 2 is 1.65 bits per heavy atom. The van der Waals surface area contributed by atoms with Crippen LogP contribution in [0.4, 0.5) is 0 Å². The fourth-order valence-corrected chi connectivity index (χ4v) is 2.54. The molecular weight excluding hydrogens is 246 g/mol. The lowest BCUT2D eigenvalue weighted by molar-refractivity contribution is 0.654. The SMILES string of the molecule is Cc1ccc(-c2ccc3oc4ncccc4c3c2)cc1. The monoisotopic (exact) mass is 259 g/mol. The van der Waals surface area contributed by atoms with E-state index in [0.29, 0.717) is 5.71 Å². The van der Waals surface area contributed by atoms with E-state index in [1.165, 1.54) is 16.7 Å². The van der Waals surface area contributed by atoms with Gasteiger partial charge in [0, 0.05) is 17.0 Å². The largest absolute Gasteiger partial charge is 0.438 e. The third-order valence-electron chi connectivity index (χ3n) is 3.63. The second-order valence-corrected chi connectivity index (χ2v) is 5.04. The van der Waals surface area contributed by atoms with Crippen molar-refractivity contribution in [1.82, 2.24) is 4.98 Å². The first-order valence-electron chi connectivity index (χ1n) is 6.65. The van der Waals surface area contributed by atoms with Crippen LogP contribution in [0.3, 0.4) is 0 Å². The highest BCUT2D eigenvalue weighted by molar-refractivity contribution is 6.04. The number of benzene rings is 2. The van der Waals surface area contributed by atoms with Gasteiger partial charge in [-0.05, 0) is 42.3 Å². The van der Waals surface area contributed by atoms with E-state index in [1.54, 1.807) is 6.20 Å². The lowest BCUT2D eigenvalue weighted by Crippen LogP contribution is -1.78. The number of fused-ring (bicyclic) bond motifs is 3. The molecular formula is C18H13NO. The molecule has 0 radical (unpaired) electrons. The van der Waals surface area contributed by atoms with Gasteiger partial charge in [-0.25, -0.2) is 4.98 Å². The second-order valence-electron chi connectivity index (χ2n) is 5.04. The summed E-state index contributed by atoms with van der Waals surface area (Å²) >= 11 is 0. The minimum absolute atomic E-state index is 0.698. The van der Waals surface area contributed by atoms with Crippen LogP contribution in [0.15, 0.2) is 65.2 Å². The summed E-state index contributed by atoms with van der Waals surface area (Å²) < 4.78 is 5.75. The average molecular weight is 259 g/mol. The van der Waals surface area contributed by atoms with Gasteiger partial charge < -0.3 is 4.42 Å². The topological polar surface area (TPSA) is 26.0 Å². The van der Waals surface area contributed by atoms with Crippen LogP contribution in [0.1, 0.15) is 5.56 Å². The van der Waals surface area contributed by atoms with Crippen LogP contribution in [-0.4, -0.2) is 4.98 Å². The summed E-state index contributed by atoms with van der Waals surface area (Å²) in [6.07, 6.45) is 1.76. The predicted octanol–water partition coefficient (Wildman–Crippen LogP) is 4.96. The molecule has 4 rings (SSSR count). The maximum absolute atomic E-state index is 5.75. The summed E-state index contributed by atoms with van der Waals surface area (Å²) in [7, 11) is 0. The zero-order chi connectivity index (χ0) is 13.5. The minimum atomic E-state index is 0.698. The van der Waals surface area contributed by atoms with E-state index in [0.717, 1.165) is 16.4 Å². The number of hydrogen-bond donors (Lipinski definition) is 0.